The highest BCUT2D eigenvalue weighted by molar-refractivity contribution is 5.88. The molecule has 0 amide bonds. The molecule has 48 heavy (non-hydrogen) atoms. The average Bonchev–Trinajstić information content (AvgIpc) is 3.06. The van der Waals surface area contributed by atoms with E-state index in [1.54, 1.807) is 18.6 Å². The van der Waals surface area contributed by atoms with Crippen molar-refractivity contribution in [2.24, 2.45) is 5.41 Å². The number of carboxylic acid groups (broad SMARTS) is 1. The Morgan fingerprint density at radius 1 is 1.00 bits per heavy atom. The van der Waals surface area contributed by atoms with Crippen LogP contribution in [0.1, 0.15) is 81.6 Å². The number of aliphatic hydroxyl groups is 1. The Bertz CT molecular complexity index is 1790. The molecule has 0 saturated carbocycles. The van der Waals surface area contributed by atoms with Gasteiger partial charge in [0.05, 0.1) is 29.3 Å². The van der Waals surface area contributed by atoms with Gasteiger partial charge in [0.2, 0.25) is 5.95 Å². The number of carbonyl (C=O) groups is 1. The maximum atomic E-state index is 12.9. The molecule has 10 nitrogen and oxygen atoms in total. The van der Waals surface area contributed by atoms with Crippen LogP contribution in [0.5, 0.6) is 0 Å². The standard InChI is InChI=1S/C38H46N6O4/c1-24-31(34(35(46)47)48-37(2,3)4)33(43-18-13-38(5,6)14-19-43)32(30(23-45)41-24)26-9-10-28-22-44(17-12-25(28)20-26)36-40-16-11-29(42-36)27-8-7-15-39-21-27/h7-11,15-16,20-21,34,45H,12-14,17-19,22-23H2,1-6H3,(H,46,47)/t34-/m0/s1. The number of fused-ring (bicyclic) bond motifs is 1. The third-order valence-electron chi connectivity index (χ3n) is 9.40. The molecule has 0 unspecified atom stereocenters. The van der Waals surface area contributed by atoms with Crippen molar-refractivity contribution in [1.82, 2.24) is 19.9 Å². The first kappa shape index (κ1) is 33.5. The number of benzene rings is 1. The summed E-state index contributed by atoms with van der Waals surface area (Å²) in [6, 6.07) is 12.2. The number of rotatable bonds is 8. The fourth-order valence-corrected chi connectivity index (χ4v) is 6.80. The molecule has 6 rings (SSSR count). The summed E-state index contributed by atoms with van der Waals surface area (Å²) in [4.78, 5) is 35.9. The zero-order valence-electron chi connectivity index (χ0n) is 28.8. The van der Waals surface area contributed by atoms with Crippen LogP contribution in [0.4, 0.5) is 11.6 Å². The molecule has 0 spiro atoms. The molecule has 252 valence electrons. The first-order valence-electron chi connectivity index (χ1n) is 16.7. The zero-order chi connectivity index (χ0) is 34.2. The van der Waals surface area contributed by atoms with Crippen LogP contribution in [-0.4, -0.2) is 61.4 Å². The molecule has 2 N–H and O–H groups in total. The molecule has 0 bridgehead atoms. The van der Waals surface area contributed by atoms with Crippen LogP contribution < -0.4 is 9.80 Å². The van der Waals surface area contributed by atoms with Crippen LogP contribution in [0.3, 0.4) is 0 Å². The predicted molar refractivity (Wildman–Crippen MR) is 187 cm³/mol. The van der Waals surface area contributed by atoms with Gasteiger partial charge in [-0.05, 0) is 87.3 Å². The highest BCUT2D eigenvalue weighted by atomic mass is 16.5. The Kier molecular flexibility index (Phi) is 9.24. The van der Waals surface area contributed by atoms with Gasteiger partial charge in [-0.25, -0.2) is 14.8 Å². The molecular formula is C38H46N6O4. The maximum absolute atomic E-state index is 12.9. The summed E-state index contributed by atoms with van der Waals surface area (Å²) in [6.45, 7) is 14.6. The number of ether oxygens (including phenoxy) is 1. The summed E-state index contributed by atoms with van der Waals surface area (Å²) in [6.07, 6.45) is 6.83. The summed E-state index contributed by atoms with van der Waals surface area (Å²) < 4.78 is 6.23. The Labute approximate surface area is 282 Å². The van der Waals surface area contributed by atoms with Crippen LogP contribution in [0, 0.1) is 12.3 Å². The smallest absolute Gasteiger partial charge is 0.337 e. The first-order chi connectivity index (χ1) is 22.8. The second-order valence-electron chi connectivity index (χ2n) is 14.7. The van der Waals surface area contributed by atoms with Crippen molar-refractivity contribution < 1.29 is 19.7 Å². The normalized spacial score (nSPS) is 16.8. The van der Waals surface area contributed by atoms with Crippen molar-refractivity contribution in [1.29, 1.82) is 0 Å². The number of aliphatic carboxylic acids is 1. The molecule has 2 aliphatic heterocycles. The second-order valence-corrected chi connectivity index (χ2v) is 14.7. The lowest BCUT2D eigenvalue weighted by atomic mass is 9.81. The van der Waals surface area contributed by atoms with E-state index < -0.39 is 17.7 Å². The summed E-state index contributed by atoms with van der Waals surface area (Å²) >= 11 is 0. The summed E-state index contributed by atoms with van der Waals surface area (Å²) in [5.41, 5.74) is 7.77. The van der Waals surface area contributed by atoms with Gasteiger partial charge in [0.1, 0.15) is 0 Å². The molecule has 1 fully saturated rings. The first-order valence-corrected chi connectivity index (χ1v) is 16.7. The van der Waals surface area contributed by atoms with E-state index in [0.717, 1.165) is 67.0 Å². The third-order valence-corrected chi connectivity index (χ3v) is 9.40. The Morgan fingerprint density at radius 3 is 2.44 bits per heavy atom. The molecular weight excluding hydrogens is 604 g/mol. The van der Waals surface area contributed by atoms with Gasteiger partial charge in [0, 0.05) is 67.2 Å². The number of carboxylic acids is 1. The Balaban J connectivity index is 1.42. The number of aromatic nitrogens is 4. The van der Waals surface area contributed by atoms with Crippen molar-refractivity contribution in [3.8, 4) is 22.4 Å². The lowest BCUT2D eigenvalue weighted by Gasteiger charge is -2.41. The number of piperidine rings is 1. The maximum Gasteiger partial charge on any atom is 0.337 e. The number of anilines is 2. The van der Waals surface area contributed by atoms with Crippen LogP contribution in [0.2, 0.25) is 0 Å². The van der Waals surface area contributed by atoms with Gasteiger partial charge in [-0.3, -0.25) is 9.97 Å². The minimum Gasteiger partial charge on any atom is -0.479 e. The number of hydrogen-bond acceptors (Lipinski definition) is 9. The molecule has 1 saturated heterocycles. The lowest BCUT2D eigenvalue weighted by Crippen LogP contribution is -2.39. The van der Waals surface area contributed by atoms with Gasteiger partial charge in [-0.2, -0.15) is 0 Å². The Morgan fingerprint density at radius 2 is 1.77 bits per heavy atom. The summed E-state index contributed by atoms with van der Waals surface area (Å²) in [7, 11) is 0. The SMILES string of the molecule is Cc1nc(CO)c(-c2ccc3c(c2)CCN(c2nccc(-c4cccnc4)n2)C3)c(N2CCC(C)(C)CC2)c1[C@H](OC(C)(C)C)C(=O)O. The van der Waals surface area contributed by atoms with E-state index >= 15 is 0 Å². The van der Waals surface area contributed by atoms with E-state index in [0.29, 0.717) is 29.4 Å². The van der Waals surface area contributed by atoms with Crippen molar-refractivity contribution in [2.45, 2.75) is 85.7 Å². The van der Waals surface area contributed by atoms with E-state index in [1.165, 1.54) is 11.1 Å². The summed E-state index contributed by atoms with van der Waals surface area (Å²) in [5, 5.41) is 21.2. The number of nitrogens with zero attached hydrogens (tertiary/aromatic N) is 6. The van der Waals surface area contributed by atoms with Gasteiger partial charge >= 0.3 is 5.97 Å². The fraction of sp³-hybridized carbons (Fsp3) is 0.447. The van der Waals surface area contributed by atoms with Gasteiger partial charge in [-0.15, -0.1) is 0 Å². The average molecular weight is 651 g/mol. The minimum absolute atomic E-state index is 0.186. The second kappa shape index (κ2) is 13.2. The van der Waals surface area contributed by atoms with E-state index in [-0.39, 0.29) is 12.0 Å². The van der Waals surface area contributed by atoms with Crippen molar-refractivity contribution in [2.75, 3.05) is 29.4 Å². The zero-order valence-corrected chi connectivity index (χ0v) is 28.8. The number of aliphatic hydroxyl groups excluding tert-OH is 1. The van der Waals surface area contributed by atoms with Crippen LogP contribution >= 0.6 is 0 Å². The van der Waals surface area contributed by atoms with Crippen LogP contribution in [-0.2, 0) is 29.1 Å². The predicted octanol–water partition coefficient (Wildman–Crippen LogP) is 6.53. The monoisotopic (exact) mass is 650 g/mol. The van der Waals surface area contributed by atoms with Gasteiger partial charge in [0.15, 0.2) is 6.10 Å². The van der Waals surface area contributed by atoms with Crippen LogP contribution in [0.15, 0.2) is 55.0 Å². The molecule has 2 aliphatic rings. The molecule has 5 heterocycles. The third kappa shape index (κ3) is 7.05. The molecule has 3 aromatic heterocycles. The minimum atomic E-state index is -1.22. The molecule has 1 atom stereocenters. The lowest BCUT2D eigenvalue weighted by molar-refractivity contribution is -0.160. The highest BCUT2D eigenvalue weighted by Gasteiger charge is 2.37. The number of hydrogen-bond donors (Lipinski definition) is 2. The molecule has 0 aliphatic carbocycles. The fourth-order valence-electron chi connectivity index (χ4n) is 6.80. The highest BCUT2D eigenvalue weighted by Crippen LogP contribution is 2.45. The van der Waals surface area contributed by atoms with Crippen molar-refractivity contribution in [3.63, 3.8) is 0 Å². The van der Waals surface area contributed by atoms with E-state index in [4.69, 9.17) is 14.7 Å². The quantitative estimate of drug-likeness (QED) is 0.217. The molecule has 10 heteroatoms. The molecule has 4 aromatic rings. The van der Waals surface area contributed by atoms with Crippen LogP contribution in [0.25, 0.3) is 22.4 Å². The number of pyridine rings is 2. The van der Waals surface area contributed by atoms with Crippen molar-refractivity contribution in [3.05, 3.63) is 83.1 Å². The van der Waals surface area contributed by atoms with Gasteiger partial charge in [-0.1, -0.05) is 32.0 Å². The largest absolute Gasteiger partial charge is 0.479 e. The van der Waals surface area contributed by atoms with E-state index in [9.17, 15) is 15.0 Å². The van der Waals surface area contributed by atoms with Crippen molar-refractivity contribution >= 4 is 17.6 Å². The topological polar surface area (TPSA) is 125 Å². The van der Waals surface area contributed by atoms with E-state index in [2.05, 4.69) is 51.8 Å². The van der Waals surface area contributed by atoms with E-state index in [1.807, 2.05) is 45.9 Å². The van der Waals surface area contributed by atoms with Gasteiger partial charge in [0.25, 0.3) is 0 Å². The van der Waals surface area contributed by atoms with Gasteiger partial charge < -0.3 is 24.7 Å². The number of aryl methyl sites for hydroxylation is 1. The Hall–Kier alpha value is -4.41. The molecule has 1 aromatic carbocycles. The summed E-state index contributed by atoms with van der Waals surface area (Å²) in [5.74, 6) is -0.383. The molecule has 0 radical (unpaired) electrons.